The van der Waals surface area contributed by atoms with Crippen LogP contribution >= 0.6 is 0 Å². The lowest BCUT2D eigenvalue weighted by Gasteiger charge is -2.29. The average Bonchev–Trinajstić information content (AvgIpc) is 2.52. The topological polar surface area (TPSA) is 61.3 Å². The number of ether oxygens (including phenoxy) is 1. The summed E-state index contributed by atoms with van der Waals surface area (Å²) in [5, 5.41) is 0. The first kappa shape index (κ1) is 18.0. The van der Waals surface area contributed by atoms with Gasteiger partial charge in [0.1, 0.15) is 5.75 Å². The molecule has 0 aromatic heterocycles. The van der Waals surface area contributed by atoms with Crippen molar-refractivity contribution in [3.8, 4) is 5.75 Å². The summed E-state index contributed by atoms with van der Waals surface area (Å²) in [7, 11) is 0. The van der Waals surface area contributed by atoms with Crippen molar-refractivity contribution in [3.05, 3.63) is 29.3 Å². The van der Waals surface area contributed by atoms with Gasteiger partial charge < -0.3 is 16.2 Å². The second-order valence-corrected chi connectivity index (χ2v) is 5.94. The number of aryl methyl sites for hydroxylation is 1. The second kappa shape index (κ2) is 9.06. The van der Waals surface area contributed by atoms with Gasteiger partial charge in [0, 0.05) is 0 Å². The minimum Gasteiger partial charge on any atom is -0.494 e. The van der Waals surface area contributed by atoms with Crippen molar-refractivity contribution < 1.29 is 4.74 Å². The molecule has 0 spiro atoms. The van der Waals surface area contributed by atoms with Crippen molar-refractivity contribution in [1.29, 1.82) is 0 Å². The van der Waals surface area contributed by atoms with E-state index in [-0.39, 0.29) is 0 Å². The summed E-state index contributed by atoms with van der Waals surface area (Å²) in [4.78, 5) is 0. The molecule has 1 aromatic carbocycles. The van der Waals surface area contributed by atoms with E-state index in [0.717, 1.165) is 25.2 Å². The summed E-state index contributed by atoms with van der Waals surface area (Å²) in [6.07, 6.45) is 2.05. The van der Waals surface area contributed by atoms with Crippen LogP contribution in [0.2, 0.25) is 0 Å². The Morgan fingerprint density at radius 3 is 2.29 bits per heavy atom. The highest BCUT2D eigenvalue weighted by Gasteiger charge is 2.23. The fourth-order valence-electron chi connectivity index (χ4n) is 2.86. The molecule has 0 saturated carbocycles. The van der Waals surface area contributed by atoms with Crippen molar-refractivity contribution in [2.75, 3.05) is 19.7 Å². The van der Waals surface area contributed by atoms with Gasteiger partial charge in [-0.05, 0) is 66.9 Å². The third-order valence-corrected chi connectivity index (χ3v) is 4.60. The van der Waals surface area contributed by atoms with Gasteiger partial charge >= 0.3 is 0 Å². The van der Waals surface area contributed by atoms with Gasteiger partial charge in [0.15, 0.2) is 0 Å². The molecular weight excluding hydrogens is 260 g/mol. The molecule has 2 atom stereocenters. The molecule has 4 N–H and O–H groups in total. The van der Waals surface area contributed by atoms with Crippen LogP contribution < -0.4 is 16.2 Å². The largest absolute Gasteiger partial charge is 0.494 e. The van der Waals surface area contributed by atoms with E-state index in [1.807, 2.05) is 0 Å². The van der Waals surface area contributed by atoms with Crippen LogP contribution in [0.3, 0.4) is 0 Å². The van der Waals surface area contributed by atoms with Gasteiger partial charge in [0.05, 0.1) is 6.61 Å². The number of hydrogen-bond acceptors (Lipinski definition) is 3. The van der Waals surface area contributed by atoms with Crippen LogP contribution in [-0.4, -0.2) is 19.7 Å². The lowest BCUT2D eigenvalue weighted by atomic mass is 9.78. The van der Waals surface area contributed by atoms with E-state index < -0.39 is 0 Å². The normalized spacial score (nSPS) is 14.2. The van der Waals surface area contributed by atoms with Gasteiger partial charge in [-0.2, -0.15) is 0 Å². The molecule has 21 heavy (non-hydrogen) atoms. The van der Waals surface area contributed by atoms with E-state index in [2.05, 4.69) is 45.9 Å². The molecule has 0 heterocycles. The molecule has 0 aliphatic rings. The monoisotopic (exact) mass is 292 g/mol. The summed E-state index contributed by atoms with van der Waals surface area (Å²) in [6, 6.07) is 6.50. The maximum absolute atomic E-state index is 5.85. The van der Waals surface area contributed by atoms with Crippen LogP contribution in [0.25, 0.3) is 0 Å². The zero-order chi connectivity index (χ0) is 15.8. The first-order valence-corrected chi connectivity index (χ1v) is 8.24. The Bertz CT molecular complexity index is 416. The molecule has 0 aliphatic carbocycles. The predicted molar refractivity (Wildman–Crippen MR) is 90.8 cm³/mol. The molecule has 3 heteroatoms. The number of hydrogen-bond donors (Lipinski definition) is 2. The highest BCUT2D eigenvalue weighted by molar-refractivity contribution is 5.38. The summed E-state index contributed by atoms with van der Waals surface area (Å²) < 4.78 is 5.74. The Kier molecular flexibility index (Phi) is 7.76. The summed E-state index contributed by atoms with van der Waals surface area (Å²) in [6.45, 7) is 10.9. The molecule has 0 bridgehead atoms. The van der Waals surface area contributed by atoms with Gasteiger partial charge in [0.2, 0.25) is 0 Å². The Balaban J connectivity index is 2.95. The first-order valence-electron chi connectivity index (χ1n) is 8.24. The van der Waals surface area contributed by atoms with Gasteiger partial charge in [-0.3, -0.25) is 0 Å². The standard InChI is InChI=1S/C18H32N2O/c1-5-9-21-17-7-8-18(15(6-2)10-17)14(4)13(3)16(11-19)12-20/h7-8,10,13-14,16H,5-6,9,11-12,19-20H2,1-4H3. The predicted octanol–water partition coefficient (Wildman–Crippen LogP) is 3.31. The van der Waals surface area contributed by atoms with Crippen LogP contribution in [0.1, 0.15) is 51.2 Å². The van der Waals surface area contributed by atoms with Crippen LogP contribution in [-0.2, 0) is 6.42 Å². The maximum Gasteiger partial charge on any atom is 0.119 e. The molecule has 1 rings (SSSR count). The fraction of sp³-hybridized carbons (Fsp3) is 0.667. The van der Waals surface area contributed by atoms with Crippen LogP contribution in [0, 0.1) is 11.8 Å². The summed E-state index contributed by atoms with van der Waals surface area (Å²) >= 11 is 0. The summed E-state index contributed by atoms with van der Waals surface area (Å²) in [5.74, 6) is 2.29. The van der Waals surface area contributed by atoms with Crippen molar-refractivity contribution in [2.24, 2.45) is 23.3 Å². The number of nitrogens with two attached hydrogens (primary N) is 2. The molecule has 0 saturated heterocycles. The third-order valence-electron chi connectivity index (χ3n) is 4.60. The molecule has 120 valence electrons. The minimum absolute atomic E-state index is 0.376. The minimum atomic E-state index is 0.376. The molecule has 0 radical (unpaired) electrons. The van der Waals surface area contributed by atoms with Gasteiger partial charge in [-0.15, -0.1) is 0 Å². The molecule has 2 unspecified atom stereocenters. The van der Waals surface area contributed by atoms with Crippen molar-refractivity contribution in [2.45, 2.75) is 46.5 Å². The summed E-state index contributed by atoms with van der Waals surface area (Å²) in [5.41, 5.74) is 14.5. The lowest BCUT2D eigenvalue weighted by Crippen LogP contribution is -2.31. The van der Waals surface area contributed by atoms with Crippen LogP contribution in [0.15, 0.2) is 18.2 Å². The lowest BCUT2D eigenvalue weighted by molar-refractivity contribution is 0.315. The van der Waals surface area contributed by atoms with E-state index >= 15 is 0 Å². The maximum atomic E-state index is 5.85. The molecule has 3 nitrogen and oxygen atoms in total. The third kappa shape index (κ3) is 4.72. The van der Waals surface area contributed by atoms with Gasteiger partial charge in [-0.1, -0.05) is 33.8 Å². The zero-order valence-corrected chi connectivity index (χ0v) is 14.1. The highest BCUT2D eigenvalue weighted by Crippen LogP contribution is 2.33. The molecular formula is C18H32N2O. The first-order chi connectivity index (χ1) is 10.1. The van der Waals surface area contributed by atoms with E-state index in [1.54, 1.807) is 0 Å². The van der Waals surface area contributed by atoms with E-state index in [9.17, 15) is 0 Å². The molecule has 0 amide bonds. The van der Waals surface area contributed by atoms with Crippen molar-refractivity contribution in [1.82, 2.24) is 0 Å². The zero-order valence-electron chi connectivity index (χ0n) is 14.1. The van der Waals surface area contributed by atoms with E-state index in [4.69, 9.17) is 16.2 Å². The van der Waals surface area contributed by atoms with E-state index in [0.29, 0.717) is 30.8 Å². The van der Waals surface area contributed by atoms with Gasteiger partial charge in [0.25, 0.3) is 0 Å². The molecule has 0 fully saturated rings. The van der Waals surface area contributed by atoms with Crippen LogP contribution in [0.4, 0.5) is 0 Å². The smallest absolute Gasteiger partial charge is 0.119 e. The molecule has 1 aromatic rings. The number of benzene rings is 1. The fourth-order valence-corrected chi connectivity index (χ4v) is 2.86. The van der Waals surface area contributed by atoms with Crippen LogP contribution in [0.5, 0.6) is 5.75 Å². The average molecular weight is 292 g/mol. The Morgan fingerprint density at radius 1 is 1.10 bits per heavy atom. The molecule has 0 aliphatic heterocycles. The van der Waals surface area contributed by atoms with Gasteiger partial charge in [-0.25, -0.2) is 0 Å². The van der Waals surface area contributed by atoms with Crippen molar-refractivity contribution >= 4 is 0 Å². The van der Waals surface area contributed by atoms with E-state index in [1.165, 1.54) is 11.1 Å². The SMILES string of the molecule is CCCOc1ccc(C(C)C(C)C(CN)CN)c(CC)c1. The Morgan fingerprint density at radius 2 is 1.76 bits per heavy atom. The Hall–Kier alpha value is -1.06. The quantitative estimate of drug-likeness (QED) is 0.734. The number of rotatable bonds is 9. The van der Waals surface area contributed by atoms with Crippen molar-refractivity contribution in [3.63, 3.8) is 0 Å². The Labute approximate surface area is 130 Å². The highest BCUT2D eigenvalue weighted by atomic mass is 16.5. The second-order valence-electron chi connectivity index (χ2n) is 5.94.